The zero-order valence-corrected chi connectivity index (χ0v) is 31.5. The maximum atomic E-state index is 4.85. The van der Waals surface area contributed by atoms with E-state index in [0.29, 0.717) is 0 Å². The molecule has 0 saturated carbocycles. The van der Waals surface area contributed by atoms with Gasteiger partial charge in [-0.3, -0.25) is 0 Å². The van der Waals surface area contributed by atoms with Gasteiger partial charge in [-0.1, -0.05) is 68.8 Å². The molecule has 5 aromatic carbocycles. The van der Waals surface area contributed by atoms with Crippen molar-refractivity contribution in [2.75, 3.05) is 6.54 Å². The number of rotatable bonds is 3. The van der Waals surface area contributed by atoms with Crippen LogP contribution in [0.1, 0.15) is 54.2 Å². The van der Waals surface area contributed by atoms with Crippen LogP contribution in [-0.2, 0) is 26.2 Å². The van der Waals surface area contributed by atoms with Gasteiger partial charge in [-0.05, 0) is 71.7 Å². The maximum Gasteiger partial charge on any atom is 4.00 e. The molecule has 0 unspecified atom stereocenters. The molecule has 46 heavy (non-hydrogen) atoms. The van der Waals surface area contributed by atoms with Gasteiger partial charge in [0.15, 0.2) is 0 Å². The molecule has 0 atom stereocenters. The number of aromatic nitrogens is 1. The number of hydrogen-bond donors (Lipinski definition) is 0. The third-order valence-corrected chi connectivity index (χ3v) is 7.52. The van der Waals surface area contributed by atoms with Crippen LogP contribution in [0.4, 0.5) is 5.13 Å². The van der Waals surface area contributed by atoms with Crippen molar-refractivity contribution in [3.8, 4) is 11.1 Å². The SMILES string of the molecule is Cc1cc(C)c(-c2cccc3sc([N-]CC(C)(C)C)nc23)c(C)c1.[CH2-]c1ccccc1.[CH2-]c1ccccc1.[CH2-]c1ccccc1.[Zr+4]. The normalized spacial score (nSPS) is 10.1. The molecule has 6 aromatic rings. The number of hydrogen-bond acceptors (Lipinski definition) is 2. The first-order chi connectivity index (χ1) is 21.4. The summed E-state index contributed by atoms with van der Waals surface area (Å²) < 4.78 is 1.21. The molecule has 0 aliphatic rings. The van der Waals surface area contributed by atoms with Crippen LogP contribution in [-0.4, -0.2) is 11.5 Å². The molecule has 0 saturated heterocycles. The summed E-state index contributed by atoms with van der Waals surface area (Å²) in [7, 11) is 0. The second kappa shape index (κ2) is 19.1. The van der Waals surface area contributed by atoms with Crippen molar-refractivity contribution < 1.29 is 26.2 Å². The second-order valence-electron chi connectivity index (χ2n) is 12.3. The fraction of sp³-hybridized carbons (Fsp3) is 0.190. The molecule has 1 heterocycles. The first kappa shape index (κ1) is 38.5. The van der Waals surface area contributed by atoms with E-state index in [1.165, 1.54) is 32.5 Å². The number of benzene rings is 5. The van der Waals surface area contributed by atoms with Gasteiger partial charge in [0.25, 0.3) is 0 Å². The van der Waals surface area contributed by atoms with Gasteiger partial charge in [-0.15, -0.1) is 47.7 Å². The Morgan fingerprint density at radius 2 is 1.07 bits per heavy atom. The smallest absolute Gasteiger partial charge is 0.456 e. The Kier molecular flexibility index (Phi) is 15.9. The van der Waals surface area contributed by atoms with Crippen LogP contribution in [0.3, 0.4) is 0 Å². The van der Waals surface area contributed by atoms with Crippen LogP contribution < -0.4 is 0 Å². The molecule has 0 fully saturated rings. The summed E-state index contributed by atoms with van der Waals surface area (Å²) in [4.78, 5) is 4.85. The number of nitrogens with zero attached hydrogens (tertiary/aromatic N) is 2. The van der Waals surface area contributed by atoms with Gasteiger partial charge in [0.05, 0.1) is 0 Å². The average Bonchev–Trinajstić information content (AvgIpc) is 3.42. The number of thiazole rings is 1. The molecule has 0 aliphatic heterocycles. The minimum absolute atomic E-state index is 0. The zero-order valence-electron chi connectivity index (χ0n) is 28.2. The van der Waals surface area contributed by atoms with E-state index >= 15 is 0 Å². The first-order valence-electron chi connectivity index (χ1n) is 15.2. The minimum atomic E-state index is 0. The molecule has 6 rings (SSSR count). The van der Waals surface area contributed by atoms with Crippen LogP contribution in [0.5, 0.6) is 0 Å². The summed E-state index contributed by atoms with van der Waals surface area (Å²) in [5.41, 5.74) is 10.9. The van der Waals surface area contributed by atoms with Crippen molar-refractivity contribution in [2.45, 2.75) is 41.5 Å². The summed E-state index contributed by atoms with van der Waals surface area (Å²) >= 11 is 1.68. The quantitative estimate of drug-likeness (QED) is 0.169. The van der Waals surface area contributed by atoms with Gasteiger partial charge in [0.1, 0.15) is 0 Å². The standard InChI is InChI=1S/C21H25N2S.3C7H7.Zr/c1-13-10-14(2)18(15(3)11-13)16-8-7-9-17-19(16)23-20(24-17)22-12-21(4,5)6;3*1-7-5-3-2-4-6-7;/h7-11H,12H2,1-6H3;3*2-6H,1H2;/q4*-1;+4. The van der Waals surface area contributed by atoms with Gasteiger partial charge in [-0.2, -0.15) is 73.9 Å². The molecule has 1 aromatic heterocycles. The molecule has 0 bridgehead atoms. The van der Waals surface area contributed by atoms with Gasteiger partial charge >= 0.3 is 26.2 Å². The van der Waals surface area contributed by atoms with E-state index in [1.807, 2.05) is 91.0 Å². The van der Waals surface area contributed by atoms with E-state index in [1.54, 1.807) is 11.3 Å². The van der Waals surface area contributed by atoms with E-state index in [9.17, 15) is 0 Å². The summed E-state index contributed by atoms with van der Waals surface area (Å²) in [6.45, 7) is 25.1. The molecule has 4 heteroatoms. The van der Waals surface area contributed by atoms with E-state index in [0.717, 1.165) is 33.9 Å². The van der Waals surface area contributed by atoms with E-state index < -0.39 is 0 Å². The topological polar surface area (TPSA) is 27.0 Å². The van der Waals surface area contributed by atoms with Gasteiger partial charge < -0.3 is 10.3 Å². The molecular weight excluding hydrogens is 656 g/mol. The summed E-state index contributed by atoms with van der Waals surface area (Å²) in [6, 6.07) is 40.6. The fourth-order valence-electron chi connectivity index (χ4n) is 4.55. The number of para-hydroxylation sites is 1. The Morgan fingerprint density at radius 1 is 0.630 bits per heavy atom. The third kappa shape index (κ3) is 13.3. The van der Waals surface area contributed by atoms with Crippen molar-refractivity contribution in [1.82, 2.24) is 4.98 Å². The summed E-state index contributed by atoms with van der Waals surface area (Å²) in [6.07, 6.45) is 0. The molecule has 234 valence electrons. The van der Waals surface area contributed by atoms with Crippen molar-refractivity contribution >= 4 is 26.7 Å². The molecule has 0 radical (unpaired) electrons. The van der Waals surface area contributed by atoms with Crippen molar-refractivity contribution in [2.24, 2.45) is 5.41 Å². The Labute approximate surface area is 301 Å². The Hall–Kier alpha value is -3.72. The fourth-order valence-corrected chi connectivity index (χ4v) is 5.41. The minimum Gasteiger partial charge on any atom is -0.456 e. The van der Waals surface area contributed by atoms with Crippen LogP contribution in [0.25, 0.3) is 26.7 Å². The van der Waals surface area contributed by atoms with Gasteiger partial charge in [-0.25, -0.2) is 0 Å². The molecule has 0 N–H and O–H groups in total. The Morgan fingerprint density at radius 3 is 1.43 bits per heavy atom. The van der Waals surface area contributed by atoms with Crippen LogP contribution in [0.2, 0.25) is 0 Å². The van der Waals surface area contributed by atoms with Gasteiger partial charge in [0.2, 0.25) is 0 Å². The Bertz CT molecular complexity index is 1610. The van der Waals surface area contributed by atoms with E-state index in [4.69, 9.17) is 10.3 Å². The predicted molar refractivity (Wildman–Crippen MR) is 199 cm³/mol. The maximum absolute atomic E-state index is 4.85. The monoisotopic (exact) mass is 700 g/mol. The second-order valence-corrected chi connectivity index (χ2v) is 13.3. The van der Waals surface area contributed by atoms with Crippen molar-refractivity contribution in [1.29, 1.82) is 0 Å². The zero-order chi connectivity index (χ0) is 32.8. The van der Waals surface area contributed by atoms with Crippen LogP contribution >= 0.6 is 11.3 Å². The van der Waals surface area contributed by atoms with Gasteiger partial charge in [0, 0.05) is 4.70 Å². The summed E-state index contributed by atoms with van der Waals surface area (Å²) in [5, 5.41) is 5.60. The molecule has 0 spiro atoms. The molecule has 0 aliphatic carbocycles. The molecule has 0 amide bonds. The van der Waals surface area contributed by atoms with E-state index in [2.05, 4.69) is 92.6 Å². The summed E-state index contributed by atoms with van der Waals surface area (Å²) in [5.74, 6) is 0. The van der Waals surface area contributed by atoms with Crippen LogP contribution in [0.15, 0.2) is 121 Å². The van der Waals surface area contributed by atoms with Crippen molar-refractivity contribution in [3.63, 3.8) is 0 Å². The first-order valence-corrected chi connectivity index (χ1v) is 16.0. The predicted octanol–water partition coefficient (Wildman–Crippen LogP) is 12.5. The van der Waals surface area contributed by atoms with E-state index in [-0.39, 0.29) is 31.6 Å². The molecular formula is C42H46N2SZr. The van der Waals surface area contributed by atoms with Crippen LogP contribution in [0, 0.1) is 47.0 Å². The molecule has 2 nitrogen and oxygen atoms in total. The Balaban J connectivity index is 0.000000270. The number of fused-ring (bicyclic) bond motifs is 1. The third-order valence-electron chi connectivity index (χ3n) is 6.57. The largest absolute Gasteiger partial charge is 4.00 e. The number of aryl methyl sites for hydroxylation is 3. The average molecular weight is 702 g/mol. The van der Waals surface area contributed by atoms with Crippen molar-refractivity contribution in [3.05, 3.63) is 181 Å².